The van der Waals surface area contributed by atoms with Crippen molar-refractivity contribution >= 4 is 29.3 Å². The molecule has 0 fully saturated rings. The third kappa shape index (κ3) is 5.08. The first-order valence-corrected chi connectivity index (χ1v) is 8.59. The van der Waals surface area contributed by atoms with Crippen LogP contribution >= 0.6 is 23.4 Å². The standard InChI is InChI=1S/C18H20ClNOS/c1-3-17(22-16-10-8-15(19)9-11-16)18(21)20-12-14-6-4-13(2)5-7-14/h4-11,17H,3,12H2,1-2H3,(H,20,21). The third-order valence-electron chi connectivity index (χ3n) is 3.34. The number of hydrogen-bond donors (Lipinski definition) is 1. The van der Waals surface area contributed by atoms with Crippen LogP contribution in [0.3, 0.4) is 0 Å². The molecule has 2 nitrogen and oxygen atoms in total. The van der Waals surface area contributed by atoms with Crippen LogP contribution in [0.1, 0.15) is 24.5 Å². The summed E-state index contributed by atoms with van der Waals surface area (Å²) in [5, 5.41) is 3.63. The largest absolute Gasteiger partial charge is 0.351 e. The summed E-state index contributed by atoms with van der Waals surface area (Å²) in [4.78, 5) is 13.4. The van der Waals surface area contributed by atoms with Crippen LogP contribution in [0.25, 0.3) is 0 Å². The van der Waals surface area contributed by atoms with E-state index < -0.39 is 0 Å². The van der Waals surface area contributed by atoms with Crippen molar-refractivity contribution in [3.05, 3.63) is 64.7 Å². The predicted molar refractivity (Wildman–Crippen MR) is 94.4 cm³/mol. The Bertz CT molecular complexity index is 610. The lowest BCUT2D eigenvalue weighted by Crippen LogP contribution is -2.31. The fourth-order valence-electron chi connectivity index (χ4n) is 2.01. The molecular weight excluding hydrogens is 314 g/mol. The number of carbonyl (C=O) groups excluding carboxylic acids is 1. The number of hydrogen-bond acceptors (Lipinski definition) is 2. The number of carbonyl (C=O) groups is 1. The molecule has 1 amide bonds. The zero-order valence-electron chi connectivity index (χ0n) is 12.8. The summed E-state index contributed by atoms with van der Waals surface area (Å²) in [7, 11) is 0. The molecule has 0 saturated heterocycles. The first kappa shape index (κ1) is 16.9. The molecule has 116 valence electrons. The lowest BCUT2D eigenvalue weighted by molar-refractivity contribution is -0.120. The maximum atomic E-state index is 12.3. The van der Waals surface area contributed by atoms with Crippen LogP contribution in [0, 0.1) is 6.92 Å². The first-order chi connectivity index (χ1) is 10.6. The molecule has 1 unspecified atom stereocenters. The van der Waals surface area contributed by atoms with Crippen molar-refractivity contribution in [3.8, 4) is 0 Å². The van der Waals surface area contributed by atoms with Gasteiger partial charge in [0.1, 0.15) is 0 Å². The Morgan fingerprint density at radius 2 is 1.77 bits per heavy atom. The van der Waals surface area contributed by atoms with Crippen molar-refractivity contribution in [1.29, 1.82) is 0 Å². The molecule has 0 radical (unpaired) electrons. The Balaban J connectivity index is 1.91. The predicted octanol–water partition coefficient (Wildman–Crippen LogP) is 4.84. The van der Waals surface area contributed by atoms with E-state index in [0.29, 0.717) is 11.6 Å². The second-order valence-corrected chi connectivity index (χ2v) is 6.88. The number of halogens is 1. The van der Waals surface area contributed by atoms with Crippen LogP contribution in [0.5, 0.6) is 0 Å². The molecule has 2 aromatic carbocycles. The van der Waals surface area contributed by atoms with E-state index in [-0.39, 0.29) is 11.2 Å². The van der Waals surface area contributed by atoms with E-state index in [1.54, 1.807) is 11.8 Å². The molecule has 0 aliphatic carbocycles. The molecule has 22 heavy (non-hydrogen) atoms. The maximum absolute atomic E-state index is 12.3. The highest BCUT2D eigenvalue weighted by molar-refractivity contribution is 8.00. The second-order valence-electron chi connectivity index (χ2n) is 5.17. The highest BCUT2D eigenvalue weighted by Gasteiger charge is 2.17. The van der Waals surface area contributed by atoms with Crippen molar-refractivity contribution < 1.29 is 4.79 Å². The molecule has 0 heterocycles. The van der Waals surface area contributed by atoms with E-state index in [1.165, 1.54) is 5.56 Å². The number of rotatable bonds is 6. The molecule has 0 saturated carbocycles. The van der Waals surface area contributed by atoms with Crippen molar-refractivity contribution in [1.82, 2.24) is 5.32 Å². The molecule has 4 heteroatoms. The fraction of sp³-hybridized carbons (Fsp3) is 0.278. The Labute approximate surface area is 141 Å². The van der Waals surface area contributed by atoms with Crippen LogP contribution < -0.4 is 5.32 Å². The summed E-state index contributed by atoms with van der Waals surface area (Å²) in [6, 6.07) is 15.8. The van der Waals surface area contributed by atoms with Crippen molar-refractivity contribution in [2.75, 3.05) is 0 Å². The third-order valence-corrected chi connectivity index (χ3v) is 4.97. The molecule has 0 aromatic heterocycles. The van der Waals surface area contributed by atoms with Crippen LogP contribution in [0.2, 0.25) is 5.02 Å². The van der Waals surface area contributed by atoms with Gasteiger partial charge in [-0.2, -0.15) is 0 Å². The summed E-state index contributed by atoms with van der Waals surface area (Å²) in [6.45, 7) is 4.65. The molecule has 0 aliphatic rings. The maximum Gasteiger partial charge on any atom is 0.233 e. The lowest BCUT2D eigenvalue weighted by atomic mass is 10.1. The van der Waals surface area contributed by atoms with Gasteiger partial charge in [0.25, 0.3) is 0 Å². The monoisotopic (exact) mass is 333 g/mol. The van der Waals surface area contributed by atoms with Gasteiger partial charge in [-0.25, -0.2) is 0 Å². The second kappa shape index (κ2) is 8.25. The average Bonchev–Trinajstić information content (AvgIpc) is 2.53. The minimum atomic E-state index is -0.0911. The normalized spacial score (nSPS) is 12.0. The fourth-order valence-corrected chi connectivity index (χ4v) is 3.11. The van der Waals surface area contributed by atoms with E-state index in [9.17, 15) is 4.79 Å². The van der Waals surface area contributed by atoms with Gasteiger partial charge in [0.2, 0.25) is 5.91 Å². The van der Waals surface area contributed by atoms with Gasteiger partial charge in [-0.05, 0) is 43.2 Å². The molecule has 0 bridgehead atoms. The minimum absolute atomic E-state index is 0.0722. The molecule has 2 rings (SSSR count). The lowest BCUT2D eigenvalue weighted by Gasteiger charge is -2.15. The minimum Gasteiger partial charge on any atom is -0.351 e. The Morgan fingerprint density at radius 1 is 1.14 bits per heavy atom. The summed E-state index contributed by atoms with van der Waals surface area (Å²) >= 11 is 7.46. The van der Waals surface area contributed by atoms with E-state index >= 15 is 0 Å². The highest BCUT2D eigenvalue weighted by Crippen LogP contribution is 2.26. The zero-order valence-corrected chi connectivity index (χ0v) is 14.4. The number of benzene rings is 2. The first-order valence-electron chi connectivity index (χ1n) is 7.34. The van der Waals surface area contributed by atoms with Gasteiger partial charge in [0.15, 0.2) is 0 Å². The molecule has 0 spiro atoms. The average molecular weight is 334 g/mol. The van der Waals surface area contributed by atoms with Gasteiger partial charge in [-0.15, -0.1) is 11.8 Å². The SMILES string of the molecule is CCC(Sc1ccc(Cl)cc1)C(=O)NCc1ccc(C)cc1. The summed E-state index contributed by atoms with van der Waals surface area (Å²) in [5.41, 5.74) is 2.34. The molecule has 1 N–H and O–H groups in total. The number of thioether (sulfide) groups is 1. The topological polar surface area (TPSA) is 29.1 Å². The zero-order chi connectivity index (χ0) is 15.9. The molecule has 1 atom stereocenters. The Hall–Kier alpha value is -1.45. The summed E-state index contributed by atoms with van der Waals surface area (Å²) in [5.74, 6) is 0.0722. The molecule has 0 aliphatic heterocycles. The van der Waals surface area contributed by atoms with Crippen LogP contribution in [0.4, 0.5) is 0 Å². The quantitative estimate of drug-likeness (QED) is 0.767. The van der Waals surface area contributed by atoms with E-state index in [1.807, 2.05) is 43.3 Å². The van der Waals surface area contributed by atoms with Crippen LogP contribution in [-0.2, 0) is 11.3 Å². The van der Waals surface area contributed by atoms with Gasteiger partial charge >= 0.3 is 0 Å². The molecule has 2 aromatic rings. The summed E-state index contributed by atoms with van der Waals surface area (Å²) in [6.07, 6.45) is 0.785. The van der Waals surface area contributed by atoms with E-state index in [2.05, 4.69) is 24.4 Å². The van der Waals surface area contributed by atoms with Crippen molar-refractivity contribution in [3.63, 3.8) is 0 Å². The smallest absolute Gasteiger partial charge is 0.233 e. The number of nitrogens with one attached hydrogen (secondary N) is 1. The van der Waals surface area contributed by atoms with Gasteiger partial charge < -0.3 is 5.32 Å². The van der Waals surface area contributed by atoms with Crippen molar-refractivity contribution in [2.45, 2.75) is 37.0 Å². The van der Waals surface area contributed by atoms with Crippen LogP contribution in [0.15, 0.2) is 53.4 Å². The van der Waals surface area contributed by atoms with E-state index in [0.717, 1.165) is 16.9 Å². The number of amides is 1. The van der Waals surface area contributed by atoms with Gasteiger partial charge in [0, 0.05) is 16.5 Å². The van der Waals surface area contributed by atoms with Crippen LogP contribution in [-0.4, -0.2) is 11.2 Å². The van der Waals surface area contributed by atoms with Gasteiger partial charge in [0.05, 0.1) is 5.25 Å². The van der Waals surface area contributed by atoms with E-state index in [4.69, 9.17) is 11.6 Å². The van der Waals surface area contributed by atoms with Gasteiger partial charge in [-0.3, -0.25) is 4.79 Å². The van der Waals surface area contributed by atoms with Crippen molar-refractivity contribution in [2.24, 2.45) is 0 Å². The summed E-state index contributed by atoms with van der Waals surface area (Å²) < 4.78 is 0. The van der Waals surface area contributed by atoms with Gasteiger partial charge in [-0.1, -0.05) is 48.4 Å². The molecular formula is C18H20ClNOS. The highest BCUT2D eigenvalue weighted by atomic mass is 35.5. The number of aryl methyl sites for hydroxylation is 1. The Kier molecular flexibility index (Phi) is 6.34. The Morgan fingerprint density at radius 3 is 2.36 bits per heavy atom.